The summed E-state index contributed by atoms with van der Waals surface area (Å²) in [7, 11) is 1.65. The number of aromatic nitrogens is 3. The topological polar surface area (TPSA) is 60.2 Å². The van der Waals surface area contributed by atoms with Crippen LogP contribution < -0.4 is 10.5 Å². The summed E-state index contributed by atoms with van der Waals surface area (Å²) in [5.74, 6) is 0.656. The van der Waals surface area contributed by atoms with E-state index >= 15 is 0 Å². The maximum atomic E-state index is 15.0. The van der Waals surface area contributed by atoms with Crippen LogP contribution >= 0.6 is 22.9 Å². The van der Waals surface area contributed by atoms with E-state index in [1.54, 1.807) is 37.4 Å². The fourth-order valence-corrected chi connectivity index (χ4v) is 5.06. The Morgan fingerprint density at radius 2 is 2.03 bits per heavy atom. The SMILES string of the molecule is Cc1nc2cc(N3CC(C)OC(c4ccsc4)C3)nc(-c3ccc(Cl)cc3F)c2c(=O)n1C. The first-order chi connectivity index (χ1) is 15.8. The lowest BCUT2D eigenvalue weighted by molar-refractivity contribution is -0.0173. The van der Waals surface area contributed by atoms with E-state index in [1.165, 1.54) is 10.6 Å². The van der Waals surface area contributed by atoms with E-state index in [0.717, 1.165) is 5.56 Å². The number of morpholine rings is 1. The first kappa shape index (κ1) is 22.0. The number of hydrogen-bond acceptors (Lipinski definition) is 6. The fraction of sp³-hybridized carbons (Fsp3) is 0.292. The summed E-state index contributed by atoms with van der Waals surface area (Å²) in [6.45, 7) is 4.99. The molecule has 0 bridgehead atoms. The number of nitrogens with zero attached hydrogens (tertiary/aromatic N) is 4. The molecule has 0 saturated carbocycles. The lowest BCUT2D eigenvalue weighted by atomic mass is 10.1. The van der Waals surface area contributed by atoms with Crippen LogP contribution in [0.25, 0.3) is 22.2 Å². The van der Waals surface area contributed by atoms with Gasteiger partial charge in [-0.3, -0.25) is 9.36 Å². The number of anilines is 1. The summed E-state index contributed by atoms with van der Waals surface area (Å²) in [4.78, 5) is 24.7. The highest BCUT2D eigenvalue weighted by Gasteiger charge is 2.29. The zero-order valence-electron chi connectivity index (χ0n) is 18.4. The molecule has 4 heterocycles. The Morgan fingerprint density at radius 1 is 1.21 bits per heavy atom. The lowest BCUT2D eigenvalue weighted by Crippen LogP contribution is -2.43. The zero-order valence-corrected chi connectivity index (χ0v) is 20.0. The Morgan fingerprint density at radius 3 is 2.76 bits per heavy atom. The Hall–Kier alpha value is -2.81. The van der Waals surface area contributed by atoms with Gasteiger partial charge in [0.05, 0.1) is 22.7 Å². The molecule has 1 aromatic carbocycles. The predicted octanol–water partition coefficient (Wildman–Crippen LogP) is 5.12. The van der Waals surface area contributed by atoms with Gasteiger partial charge in [0.15, 0.2) is 0 Å². The van der Waals surface area contributed by atoms with Gasteiger partial charge in [-0.1, -0.05) is 11.6 Å². The highest BCUT2D eigenvalue weighted by Crippen LogP contribution is 2.34. The number of hydrogen-bond donors (Lipinski definition) is 0. The van der Waals surface area contributed by atoms with Crippen molar-refractivity contribution < 1.29 is 9.13 Å². The molecule has 5 rings (SSSR count). The van der Waals surface area contributed by atoms with Gasteiger partial charge in [0.25, 0.3) is 5.56 Å². The molecule has 0 radical (unpaired) electrons. The van der Waals surface area contributed by atoms with E-state index in [0.29, 0.717) is 30.2 Å². The van der Waals surface area contributed by atoms with Gasteiger partial charge < -0.3 is 9.64 Å². The monoisotopic (exact) mass is 484 g/mol. The highest BCUT2D eigenvalue weighted by atomic mass is 35.5. The second kappa shape index (κ2) is 8.52. The summed E-state index contributed by atoms with van der Waals surface area (Å²) in [5.41, 5.74) is 1.80. The molecular formula is C24H22ClFN4O2S. The minimum absolute atomic E-state index is 0.0322. The Bertz CT molecular complexity index is 1410. The van der Waals surface area contributed by atoms with E-state index < -0.39 is 5.82 Å². The van der Waals surface area contributed by atoms with Gasteiger partial charge in [0.2, 0.25) is 0 Å². The third-order valence-corrected chi connectivity index (χ3v) is 6.89. The van der Waals surface area contributed by atoms with E-state index in [-0.39, 0.29) is 39.4 Å². The number of thiophene rings is 1. The summed E-state index contributed by atoms with van der Waals surface area (Å²) in [6, 6.07) is 8.24. The normalized spacial score (nSPS) is 18.8. The third kappa shape index (κ3) is 4.03. The molecule has 6 nitrogen and oxygen atoms in total. The Kier molecular flexibility index (Phi) is 5.68. The van der Waals surface area contributed by atoms with Gasteiger partial charge in [-0.15, -0.1) is 0 Å². The van der Waals surface area contributed by atoms with Crippen molar-refractivity contribution >= 4 is 39.7 Å². The van der Waals surface area contributed by atoms with Crippen LogP contribution in [0.5, 0.6) is 0 Å². The molecule has 33 heavy (non-hydrogen) atoms. The van der Waals surface area contributed by atoms with Crippen LogP contribution in [-0.2, 0) is 11.8 Å². The average Bonchev–Trinajstić information content (AvgIpc) is 3.31. The molecule has 0 amide bonds. The number of rotatable bonds is 3. The first-order valence-electron chi connectivity index (χ1n) is 10.6. The van der Waals surface area contributed by atoms with Crippen LogP contribution in [0.4, 0.5) is 10.2 Å². The molecule has 0 N–H and O–H groups in total. The summed E-state index contributed by atoms with van der Waals surface area (Å²) in [6.07, 6.45) is -0.137. The van der Waals surface area contributed by atoms with Crippen molar-refractivity contribution in [3.8, 4) is 11.3 Å². The summed E-state index contributed by atoms with van der Waals surface area (Å²) < 4.78 is 22.6. The maximum Gasteiger partial charge on any atom is 0.263 e. The molecule has 0 aliphatic carbocycles. The van der Waals surface area contributed by atoms with Gasteiger partial charge in [-0.25, -0.2) is 14.4 Å². The quantitative estimate of drug-likeness (QED) is 0.403. The largest absolute Gasteiger partial charge is 0.367 e. The van der Waals surface area contributed by atoms with E-state index in [4.69, 9.17) is 21.3 Å². The second-order valence-electron chi connectivity index (χ2n) is 8.27. The molecule has 1 saturated heterocycles. The smallest absolute Gasteiger partial charge is 0.263 e. The number of ether oxygens (including phenoxy) is 1. The highest BCUT2D eigenvalue weighted by molar-refractivity contribution is 7.07. The number of fused-ring (bicyclic) bond motifs is 1. The van der Waals surface area contributed by atoms with Crippen molar-refractivity contribution in [2.24, 2.45) is 7.05 Å². The Balaban J connectivity index is 1.70. The van der Waals surface area contributed by atoms with Gasteiger partial charge in [0, 0.05) is 36.8 Å². The van der Waals surface area contributed by atoms with Crippen LogP contribution in [-0.4, -0.2) is 33.7 Å². The van der Waals surface area contributed by atoms with Crippen molar-refractivity contribution in [3.63, 3.8) is 0 Å². The summed E-state index contributed by atoms with van der Waals surface area (Å²) in [5, 5.41) is 4.67. The maximum absolute atomic E-state index is 15.0. The molecule has 1 aliphatic heterocycles. The van der Waals surface area contributed by atoms with Crippen LogP contribution in [0.15, 0.2) is 45.9 Å². The van der Waals surface area contributed by atoms with Crippen LogP contribution in [0, 0.1) is 12.7 Å². The van der Waals surface area contributed by atoms with Crippen molar-refractivity contribution in [2.75, 3.05) is 18.0 Å². The lowest BCUT2D eigenvalue weighted by Gasteiger charge is -2.37. The number of halogens is 2. The average molecular weight is 485 g/mol. The number of benzene rings is 1. The first-order valence-corrected chi connectivity index (χ1v) is 11.9. The van der Waals surface area contributed by atoms with Gasteiger partial charge >= 0.3 is 0 Å². The second-order valence-corrected chi connectivity index (χ2v) is 9.48. The van der Waals surface area contributed by atoms with Crippen LogP contribution in [0.2, 0.25) is 5.02 Å². The number of pyridine rings is 1. The fourth-order valence-electron chi connectivity index (χ4n) is 4.20. The molecule has 2 unspecified atom stereocenters. The minimum Gasteiger partial charge on any atom is -0.367 e. The Labute approximate surface area is 199 Å². The third-order valence-electron chi connectivity index (χ3n) is 5.96. The number of aryl methyl sites for hydroxylation is 1. The molecule has 3 aromatic heterocycles. The van der Waals surface area contributed by atoms with Crippen LogP contribution in [0.3, 0.4) is 0 Å². The predicted molar refractivity (Wildman–Crippen MR) is 130 cm³/mol. The molecule has 2 atom stereocenters. The summed E-state index contributed by atoms with van der Waals surface area (Å²) >= 11 is 7.60. The van der Waals surface area contributed by atoms with E-state index in [2.05, 4.69) is 21.3 Å². The van der Waals surface area contributed by atoms with Crippen molar-refractivity contribution in [2.45, 2.75) is 26.1 Å². The standard InChI is InChI=1S/C24H22ClFN4O2S/c1-13-10-30(11-20(32-13)15-6-7-33-12-15)21-9-19-22(24(31)29(3)14(2)27-19)23(28-21)17-5-4-16(25)8-18(17)26/h4-9,12-13,20H,10-11H2,1-3H3. The van der Waals surface area contributed by atoms with Crippen LogP contribution in [0.1, 0.15) is 24.4 Å². The van der Waals surface area contributed by atoms with Crippen molar-refractivity contribution in [1.82, 2.24) is 14.5 Å². The molecule has 0 spiro atoms. The van der Waals surface area contributed by atoms with E-state index in [9.17, 15) is 9.18 Å². The molecule has 170 valence electrons. The van der Waals surface area contributed by atoms with Gasteiger partial charge in [0.1, 0.15) is 23.6 Å². The van der Waals surface area contributed by atoms with Gasteiger partial charge in [-0.2, -0.15) is 11.3 Å². The molecule has 1 fully saturated rings. The van der Waals surface area contributed by atoms with Gasteiger partial charge in [-0.05, 0) is 54.4 Å². The molecular weight excluding hydrogens is 463 g/mol. The molecule has 9 heteroatoms. The minimum atomic E-state index is -0.539. The molecule has 4 aromatic rings. The van der Waals surface area contributed by atoms with Crippen molar-refractivity contribution in [3.05, 3.63) is 73.7 Å². The molecule has 1 aliphatic rings. The van der Waals surface area contributed by atoms with E-state index in [1.807, 2.05) is 18.4 Å². The van der Waals surface area contributed by atoms with Crippen molar-refractivity contribution in [1.29, 1.82) is 0 Å². The zero-order chi connectivity index (χ0) is 23.3.